The number of rotatable bonds is 2. The van der Waals surface area contributed by atoms with Gasteiger partial charge in [-0.05, 0) is 24.8 Å². The molecule has 0 radical (unpaired) electrons. The van der Waals surface area contributed by atoms with Crippen molar-refractivity contribution in [1.29, 1.82) is 0 Å². The topological polar surface area (TPSA) is 86.3 Å². The van der Waals surface area contributed by atoms with Crippen molar-refractivity contribution in [2.75, 3.05) is 0 Å². The lowest BCUT2D eigenvalue weighted by atomic mass is 10.4. The molecule has 0 saturated carbocycles. The largest absolute Gasteiger partial charge is 0.305 e. The van der Waals surface area contributed by atoms with E-state index < -0.39 is 30.6 Å². The molecule has 0 unspecified atom stereocenters. The Morgan fingerprint density at radius 2 is 1.92 bits per heavy atom. The molecule has 0 aromatic rings. The minimum atomic E-state index is -0.788. The zero-order chi connectivity index (χ0) is 9.14. The summed E-state index contributed by atoms with van der Waals surface area (Å²) in [5, 5.41) is 20.4. The Kier molecular flexibility index (Phi) is 2.63. The summed E-state index contributed by atoms with van der Waals surface area (Å²) in [5.74, 6) is 0. The van der Waals surface area contributed by atoms with E-state index in [1.807, 2.05) is 0 Å². The van der Waals surface area contributed by atoms with E-state index in [0.717, 1.165) is 6.08 Å². The standard InChI is InChI=1S/C5H3IN2O4/c9-7(10)4-1-2-6-5(3-4)8(11)12/h1-3H. The lowest BCUT2D eigenvalue weighted by molar-refractivity contribution is -0.419. The summed E-state index contributed by atoms with van der Waals surface area (Å²) >= 11 is -0.788. The number of hydrogen-bond donors (Lipinski definition) is 0. The molecular weight excluding hydrogens is 279 g/mol. The number of allylic oxidation sites excluding steroid dienone is 1. The third-order valence-electron chi connectivity index (χ3n) is 1.06. The van der Waals surface area contributed by atoms with Gasteiger partial charge in [0.05, 0.1) is 15.9 Å². The van der Waals surface area contributed by atoms with Crippen LogP contribution in [-0.4, -0.2) is 13.5 Å². The number of nitrogens with zero attached hydrogens (tertiary/aromatic N) is 2. The van der Waals surface area contributed by atoms with Crippen LogP contribution in [0.4, 0.5) is 0 Å². The van der Waals surface area contributed by atoms with Gasteiger partial charge in [-0.15, -0.1) is 0 Å². The van der Waals surface area contributed by atoms with Crippen LogP contribution in [0.5, 0.6) is 0 Å². The summed E-state index contributed by atoms with van der Waals surface area (Å²) in [6.07, 6.45) is 2.33. The van der Waals surface area contributed by atoms with Crippen molar-refractivity contribution < 1.29 is 9.85 Å². The second kappa shape index (κ2) is 3.52. The van der Waals surface area contributed by atoms with Gasteiger partial charge in [-0.1, -0.05) is 0 Å². The smallest absolute Gasteiger partial charge is 0.258 e. The lowest BCUT2D eigenvalue weighted by Crippen LogP contribution is -2.09. The molecule has 6 nitrogen and oxygen atoms in total. The minimum absolute atomic E-state index is 0.0389. The average Bonchev–Trinajstić information content (AvgIpc) is 2.04. The van der Waals surface area contributed by atoms with Crippen LogP contribution < -0.4 is 0 Å². The molecule has 64 valence electrons. The van der Waals surface area contributed by atoms with E-state index in [1.165, 1.54) is 10.2 Å². The summed E-state index contributed by atoms with van der Waals surface area (Å²) in [6.45, 7) is 0. The summed E-state index contributed by atoms with van der Waals surface area (Å²) in [5.41, 5.74) is -0.215. The SMILES string of the molecule is O=[N+]([O-])C1=CC([N+](=O)[O-])=IC=C1. The monoisotopic (exact) mass is 282 g/mol. The van der Waals surface area contributed by atoms with E-state index in [0.29, 0.717) is 0 Å². The first-order valence-corrected chi connectivity index (χ1v) is 5.11. The van der Waals surface area contributed by atoms with Crippen LogP contribution in [0, 0.1) is 20.2 Å². The summed E-state index contributed by atoms with van der Waals surface area (Å²) in [6, 6.07) is 0. The minimum Gasteiger partial charge on any atom is -0.258 e. The van der Waals surface area contributed by atoms with E-state index in [1.54, 1.807) is 0 Å². The fourth-order valence-electron chi connectivity index (χ4n) is 0.568. The third kappa shape index (κ3) is 1.94. The highest BCUT2D eigenvalue weighted by atomic mass is 127. The van der Waals surface area contributed by atoms with Crippen LogP contribution in [0.2, 0.25) is 0 Å². The number of nitro groups is 2. The van der Waals surface area contributed by atoms with Crippen LogP contribution >= 0.6 is 20.7 Å². The fraction of sp³-hybridized carbons (Fsp3) is 0. The van der Waals surface area contributed by atoms with Gasteiger partial charge >= 0.3 is 3.63 Å². The fourth-order valence-corrected chi connectivity index (χ4v) is 2.21. The molecule has 1 rings (SSSR count). The summed E-state index contributed by atoms with van der Waals surface area (Å²) in [7, 11) is 0. The molecule has 0 N–H and O–H groups in total. The van der Waals surface area contributed by atoms with E-state index in [9.17, 15) is 20.2 Å². The second-order valence-electron chi connectivity index (χ2n) is 1.81. The van der Waals surface area contributed by atoms with Crippen LogP contribution in [0.15, 0.2) is 21.9 Å². The zero-order valence-electron chi connectivity index (χ0n) is 5.64. The Balaban J connectivity index is 2.99. The molecule has 12 heavy (non-hydrogen) atoms. The highest BCUT2D eigenvalue weighted by Gasteiger charge is 2.17. The van der Waals surface area contributed by atoms with Crippen molar-refractivity contribution in [3.05, 3.63) is 42.2 Å². The van der Waals surface area contributed by atoms with Gasteiger partial charge in [0, 0.05) is 6.08 Å². The van der Waals surface area contributed by atoms with E-state index in [4.69, 9.17) is 0 Å². The quantitative estimate of drug-likeness (QED) is 0.430. The zero-order valence-corrected chi connectivity index (χ0v) is 7.79. The maximum atomic E-state index is 10.2. The van der Waals surface area contributed by atoms with Crippen molar-refractivity contribution in [2.24, 2.45) is 0 Å². The molecule has 0 saturated heterocycles. The third-order valence-corrected chi connectivity index (χ3v) is 3.12. The van der Waals surface area contributed by atoms with Crippen molar-refractivity contribution in [3.63, 3.8) is 0 Å². The Labute approximate surface area is 76.6 Å². The van der Waals surface area contributed by atoms with Gasteiger partial charge < -0.3 is 0 Å². The van der Waals surface area contributed by atoms with Crippen molar-refractivity contribution in [1.82, 2.24) is 0 Å². The molecule has 0 aliphatic carbocycles. The van der Waals surface area contributed by atoms with Crippen LogP contribution in [-0.2, 0) is 0 Å². The molecule has 0 atom stereocenters. The van der Waals surface area contributed by atoms with Crippen molar-refractivity contribution in [2.45, 2.75) is 0 Å². The first-order chi connectivity index (χ1) is 5.61. The first-order valence-electron chi connectivity index (χ1n) is 2.78. The number of hydrogen-bond acceptors (Lipinski definition) is 4. The van der Waals surface area contributed by atoms with E-state index in [-0.39, 0.29) is 9.33 Å². The van der Waals surface area contributed by atoms with Gasteiger partial charge in [0.15, 0.2) is 0 Å². The average molecular weight is 282 g/mol. The van der Waals surface area contributed by atoms with Gasteiger partial charge in [-0.3, -0.25) is 20.2 Å². The van der Waals surface area contributed by atoms with E-state index in [2.05, 4.69) is 0 Å². The number of halogens is 1. The first kappa shape index (κ1) is 8.97. The molecule has 0 amide bonds. The summed E-state index contributed by atoms with van der Waals surface area (Å²) in [4.78, 5) is 19.2. The van der Waals surface area contributed by atoms with Crippen molar-refractivity contribution in [3.8, 4) is 0 Å². The Morgan fingerprint density at radius 3 is 2.42 bits per heavy atom. The molecule has 0 aromatic heterocycles. The second-order valence-corrected chi connectivity index (χ2v) is 4.26. The van der Waals surface area contributed by atoms with Crippen molar-refractivity contribution >= 4 is 24.4 Å². The molecule has 0 fully saturated rings. The Hall–Kier alpha value is -1.12. The predicted octanol–water partition coefficient (Wildman–Crippen LogP) is 1.05. The Morgan fingerprint density at radius 1 is 1.25 bits per heavy atom. The van der Waals surface area contributed by atoms with Crippen LogP contribution in [0.3, 0.4) is 0 Å². The lowest BCUT2D eigenvalue weighted by Gasteiger charge is -1.94. The van der Waals surface area contributed by atoms with Gasteiger partial charge in [0.1, 0.15) is 0 Å². The highest BCUT2D eigenvalue weighted by Crippen LogP contribution is 2.15. The maximum absolute atomic E-state index is 10.2. The molecule has 0 aromatic carbocycles. The Bertz CT molecular complexity index is 316. The molecule has 7 heteroatoms. The molecule has 1 aliphatic rings. The molecular formula is C5H3IN2O4. The predicted molar refractivity (Wildman–Crippen MR) is 50.2 cm³/mol. The van der Waals surface area contributed by atoms with E-state index >= 15 is 0 Å². The van der Waals surface area contributed by atoms with Gasteiger partial charge in [0.25, 0.3) is 5.70 Å². The van der Waals surface area contributed by atoms with Gasteiger partial charge in [0.2, 0.25) is 0 Å². The highest BCUT2D eigenvalue weighted by molar-refractivity contribution is 14.2. The van der Waals surface area contributed by atoms with Gasteiger partial charge in [-0.25, -0.2) is 0 Å². The normalized spacial score (nSPS) is 15.7. The molecule has 0 bridgehead atoms. The van der Waals surface area contributed by atoms with Crippen LogP contribution in [0.1, 0.15) is 0 Å². The van der Waals surface area contributed by atoms with Gasteiger partial charge in [-0.2, -0.15) is 0 Å². The molecule has 0 spiro atoms. The maximum Gasteiger partial charge on any atom is 0.305 e. The molecule has 1 heterocycles. The molecule has 1 aliphatic heterocycles. The summed E-state index contributed by atoms with van der Waals surface area (Å²) < 4.78 is 1.47. The van der Waals surface area contributed by atoms with Crippen LogP contribution in [0.25, 0.3) is 0 Å².